The molecule has 0 bridgehead atoms. The summed E-state index contributed by atoms with van der Waals surface area (Å²) >= 11 is 0. The van der Waals surface area contributed by atoms with Crippen molar-refractivity contribution in [1.29, 1.82) is 0 Å². The molecule has 1 N–H and O–H groups in total. The second-order valence-corrected chi connectivity index (χ2v) is 9.25. The minimum Gasteiger partial charge on any atom is -0.505 e. The van der Waals surface area contributed by atoms with Gasteiger partial charge in [0.15, 0.2) is 17.3 Å². The molecule has 9 nitrogen and oxygen atoms in total. The molecule has 2 aliphatic heterocycles. The zero-order valence-electron chi connectivity index (χ0n) is 20.9. The molecule has 0 radical (unpaired) electrons. The van der Waals surface area contributed by atoms with Gasteiger partial charge in [-0.05, 0) is 24.0 Å². The summed E-state index contributed by atoms with van der Waals surface area (Å²) in [6.45, 7) is 0.261. The van der Waals surface area contributed by atoms with Crippen molar-refractivity contribution in [3.05, 3.63) is 107 Å². The number of aromatic nitrogens is 2. The first-order valence-electron chi connectivity index (χ1n) is 12.7. The standard InChI is InChI=1S/C30H25N3O6/c34-27-23-24(28(26-25(27)31-13-14-32-26)38-15-7-12-19-8-3-1-4-9-19)30(36)33(29(23)35)21(22-17-37-18-39-22)16-20-10-5-2-6-11-20/h1-6,8-11,13-14,17,21,34H,7,12,15-16,18H2. The van der Waals surface area contributed by atoms with Gasteiger partial charge in [0.1, 0.15) is 34.5 Å². The number of amides is 2. The van der Waals surface area contributed by atoms with Gasteiger partial charge in [0.2, 0.25) is 6.79 Å². The number of nitrogens with zero attached hydrogens (tertiary/aromatic N) is 3. The monoisotopic (exact) mass is 523 g/mol. The van der Waals surface area contributed by atoms with Crippen LogP contribution >= 0.6 is 0 Å². The number of fused-ring (bicyclic) bond motifs is 2. The van der Waals surface area contributed by atoms with Gasteiger partial charge < -0.3 is 19.3 Å². The Bertz CT molecular complexity index is 1570. The van der Waals surface area contributed by atoms with Gasteiger partial charge >= 0.3 is 0 Å². The van der Waals surface area contributed by atoms with E-state index in [4.69, 9.17) is 14.2 Å². The summed E-state index contributed by atoms with van der Waals surface area (Å²) in [5, 5.41) is 11.1. The lowest BCUT2D eigenvalue weighted by Crippen LogP contribution is -2.42. The summed E-state index contributed by atoms with van der Waals surface area (Å²) in [5.74, 6) is -1.18. The van der Waals surface area contributed by atoms with Crippen molar-refractivity contribution >= 4 is 22.8 Å². The van der Waals surface area contributed by atoms with E-state index < -0.39 is 23.6 Å². The number of rotatable bonds is 9. The summed E-state index contributed by atoms with van der Waals surface area (Å²) in [6.07, 6.45) is 6.02. The highest BCUT2D eigenvalue weighted by molar-refractivity contribution is 6.26. The van der Waals surface area contributed by atoms with Crippen molar-refractivity contribution in [3.63, 3.8) is 0 Å². The molecule has 0 fully saturated rings. The molecule has 39 heavy (non-hydrogen) atoms. The van der Waals surface area contributed by atoms with Gasteiger partial charge in [0, 0.05) is 18.8 Å². The Kier molecular flexibility index (Phi) is 6.54. The van der Waals surface area contributed by atoms with Crippen LogP contribution in [0.3, 0.4) is 0 Å². The number of aryl methyl sites for hydroxylation is 1. The lowest BCUT2D eigenvalue weighted by molar-refractivity contribution is 0.0450. The van der Waals surface area contributed by atoms with Crippen LogP contribution in [0.1, 0.15) is 38.3 Å². The van der Waals surface area contributed by atoms with Crippen LogP contribution in [0.4, 0.5) is 0 Å². The Morgan fingerprint density at radius 3 is 2.26 bits per heavy atom. The predicted octanol–water partition coefficient (Wildman–Crippen LogP) is 4.40. The van der Waals surface area contributed by atoms with Crippen LogP contribution in [0.2, 0.25) is 0 Å². The van der Waals surface area contributed by atoms with E-state index in [9.17, 15) is 14.7 Å². The molecule has 9 heteroatoms. The van der Waals surface area contributed by atoms with E-state index in [1.807, 2.05) is 60.7 Å². The third-order valence-electron chi connectivity index (χ3n) is 6.82. The first-order chi connectivity index (χ1) is 19.1. The van der Waals surface area contributed by atoms with Crippen molar-refractivity contribution in [2.45, 2.75) is 25.3 Å². The number of hydrogen-bond donors (Lipinski definition) is 1. The quantitative estimate of drug-likeness (QED) is 0.254. The van der Waals surface area contributed by atoms with Gasteiger partial charge in [-0.25, -0.2) is 9.97 Å². The van der Waals surface area contributed by atoms with Crippen LogP contribution in [0.25, 0.3) is 11.0 Å². The first kappa shape index (κ1) is 24.4. The minimum atomic E-state index is -0.795. The van der Waals surface area contributed by atoms with Gasteiger partial charge in [0.05, 0.1) is 6.61 Å². The zero-order chi connectivity index (χ0) is 26.8. The predicted molar refractivity (Wildman–Crippen MR) is 141 cm³/mol. The lowest BCUT2D eigenvalue weighted by Gasteiger charge is -2.26. The molecule has 0 saturated carbocycles. The van der Waals surface area contributed by atoms with Crippen molar-refractivity contribution in [1.82, 2.24) is 14.9 Å². The molecule has 3 aromatic carbocycles. The zero-order valence-corrected chi connectivity index (χ0v) is 20.9. The molecule has 0 saturated heterocycles. The molecule has 1 aromatic heterocycles. The van der Waals surface area contributed by atoms with Gasteiger partial charge in [0.25, 0.3) is 11.8 Å². The van der Waals surface area contributed by atoms with Crippen LogP contribution in [0.5, 0.6) is 11.5 Å². The number of imide groups is 1. The third-order valence-corrected chi connectivity index (χ3v) is 6.82. The van der Waals surface area contributed by atoms with E-state index in [2.05, 4.69) is 9.97 Å². The highest BCUT2D eigenvalue weighted by Crippen LogP contribution is 2.44. The Labute approximate surface area is 224 Å². The van der Waals surface area contributed by atoms with E-state index in [1.165, 1.54) is 18.7 Å². The van der Waals surface area contributed by atoms with Gasteiger partial charge in [-0.15, -0.1) is 0 Å². The molecule has 0 spiro atoms. The molecule has 2 aliphatic rings. The Balaban J connectivity index is 1.38. The molecule has 0 aliphatic carbocycles. The van der Waals surface area contributed by atoms with Gasteiger partial charge in [-0.3, -0.25) is 14.5 Å². The minimum absolute atomic E-state index is 0.0114. The number of phenolic OH excluding ortho intramolecular Hbond substituents is 1. The molecule has 3 heterocycles. The van der Waals surface area contributed by atoms with Crippen LogP contribution in [0, 0.1) is 0 Å². The molecule has 1 atom stereocenters. The first-order valence-corrected chi connectivity index (χ1v) is 12.7. The van der Waals surface area contributed by atoms with Crippen LogP contribution in [0.15, 0.2) is 85.1 Å². The number of aromatic hydroxyl groups is 1. The third kappa shape index (κ3) is 4.52. The lowest BCUT2D eigenvalue weighted by atomic mass is 10.0. The summed E-state index contributed by atoms with van der Waals surface area (Å²) < 4.78 is 17.0. The summed E-state index contributed by atoms with van der Waals surface area (Å²) in [4.78, 5) is 37.5. The van der Waals surface area contributed by atoms with Crippen LogP contribution in [-0.2, 0) is 22.3 Å². The fourth-order valence-electron chi connectivity index (χ4n) is 4.99. The normalized spacial score (nSPS) is 15.1. The van der Waals surface area contributed by atoms with Crippen molar-refractivity contribution < 1.29 is 28.9 Å². The van der Waals surface area contributed by atoms with E-state index in [0.717, 1.165) is 22.4 Å². The number of carbonyl (C=O) groups excluding carboxylic acids is 2. The van der Waals surface area contributed by atoms with E-state index in [1.54, 1.807) is 0 Å². The maximum atomic E-state index is 14.0. The van der Waals surface area contributed by atoms with Gasteiger partial charge in [-0.2, -0.15) is 0 Å². The molecular weight excluding hydrogens is 498 g/mol. The van der Waals surface area contributed by atoms with E-state index >= 15 is 0 Å². The summed E-state index contributed by atoms with van der Waals surface area (Å²) in [7, 11) is 0. The fourth-order valence-corrected chi connectivity index (χ4v) is 4.99. The second-order valence-electron chi connectivity index (χ2n) is 9.25. The topological polar surface area (TPSA) is 111 Å². The second kappa shape index (κ2) is 10.4. The number of hydrogen-bond acceptors (Lipinski definition) is 8. The highest BCUT2D eigenvalue weighted by atomic mass is 16.7. The average Bonchev–Trinajstić information content (AvgIpc) is 3.60. The summed E-state index contributed by atoms with van der Waals surface area (Å²) in [5.41, 5.74) is 2.19. The number of ether oxygens (including phenoxy) is 3. The largest absolute Gasteiger partial charge is 0.505 e. The maximum absolute atomic E-state index is 14.0. The van der Waals surface area contributed by atoms with Crippen molar-refractivity contribution in [3.8, 4) is 11.5 Å². The maximum Gasteiger partial charge on any atom is 0.266 e. The molecule has 4 aromatic rings. The fraction of sp³-hybridized carbons (Fsp3) is 0.200. The highest BCUT2D eigenvalue weighted by Gasteiger charge is 2.47. The molecule has 2 amide bonds. The smallest absolute Gasteiger partial charge is 0.266 e. The Morgan fingerprint density at radius 2 is 1.56 bits per heavy atom. The van der Waals surface area contributed by atoms with Crippen molar-refractivity contribution in [2.75, 3.05) is 13.4 Å². The van der Waals surface area contributed by atoms with Crippen molar-refractivity contribution in [2.24, 2.45) is 0 Å². The number of carbonyl (C=O) groups is 2. The molecule has 1 unspecified atom stereocenters. The summed E-state index contributed by atoms with van der Waals surface area (Å²) in [6, 6.07) is 18.7. The van der Waals surface area contributed by atoms with Gasteiger partial charge in [-0.1, -0.05) is 60.7 Å². The molecule has 196 valence electrons. The van der Waals surface area contributed by atoms with E-state index in [0.29, 0.717) is 18.6 Å². The Hall–Kier alpha value is -4.92. The van der Waals surface area contributed by atoms with E-state index in [-0.39, 0.29) is 41.3 Å². The van der Waals surface area contributed by atoms with Crippen LogP contribution in [-0.4, -0.2) is 51.2 Å². The average molecular weight is 524 g/mol. The number of phenols is 1. The number of benzene rings is 3. The van der Waals surface area contributed by atoms with Crippen LogP contribution < -0.4 is 4.74 Å². The SMILES string of the molecule is O=C1c2c(c(OCCCc3ccccc3)c3nccnc3c2O)C(=O)N1C(Cc1ccccc1)C1=COCO1. The molecular formula is C30H25N3O6. The Morgan fingerprint density at radius 1 is 0.897 bits per heavy atom. The molecule has 6 rings (SSSR count).